The Morgan fingerprint density at radius 1 is 1.20 bits per heavy atom. The molecular formula is C12H10N4O4. The highest BCUT2D eigenvalue weighted by Gasteiger charge is 2.16. The van der Waals surface area contributed by atoms with Crippen LogP contribution in [0.3, 0.4) is 0 Å². The summed E-state index contributed by atoms with van der Waals surface area (Å²) in [6, 6.07) is 7.04. The molecule has 3 aromatic rings. The quantitative estimate of drug-likeness (QED) is 0.631. The van der Waals surface area contributed by atoms with Gasteiger partial charge in [0, 0.05) is 7.05 Å². The number of hydrogen-bond donors (Lipinski definition) is 1. The number of aryl methyl sites for hydroxylation is 1. The van der Waals surface area contributed by atoms with E-state index in [9.17, 15) is 14.4 Å². The first-order valence-corrected chi connectivity index (χ1v) is 5.80. The Kier molecular flexibility index (Phi) is 2.46. The molecule has 102 valence electrons. The first-order chi connectivity index (χ1) is 9.50. The highest BCUT2D eigenvalue weighted by Crippen LogP contribution is 2.15. The molecule has 0 spiro atoms. The van der Waals surface area contributed by atoms with Crippen LogP contribution in [-0.2, 0) is 18.4 Å². The molecule has 1 N–H and O–H groups in total. The van der Waals surface area contributed by atoms with Crippen LogP contribution in [0.4, 0.5) is 0 Å². The van der Waals surface area contributed by atoms with Crippen LogP contribution in [0.2, 0.25) is 0 Å². The van der Waals surface area contributed by atoms with Gasteiger partial charge < -0.3 is 9.67 Å². The second kappa shape index (κ2) is 4.05. The number of aliphatic carboxylic acids is 1. The van der Waals surface area contributed by atoms with Crippen molar-refractivity contribution in [2.24, 2.45) is 7.05 Å². The molecule has 0 saturated heterocycles. The van der Waals surface area contributed by atoms with Crippen LogP contribution >= 0.6 is 0 Å². The Morgan fingerprint density at radius 2 is 1.85 bits per heavy atom. The minimum atomic E-state index is -1.23. The van der Waals surface area contributed by atoms with Gasteiger partial charge in [-0.15, -0.1) is 5.10 Å². The third-order valence-corrected chi connectivity index (χ3v) is 3.10. The predicted octanol–water partition coefficient (Wildman–Crippen LogP) is -0.568. The molecule has 0 unspecified atom stereocenters. The van der Waals surface area contributed by atoms with Gasteiger partial charge in [0.15, 0.2) is 0 Å². The van der Waals surface area contributed by atoms with Crippen molar-refractivity contribution in [3.63, 3.8) is 0 Å². The zero-order chi connectivity index (χ0) is 14.4. The molecule has 1 aromatic carbocycles. The number of carbonyl (C=O) groups is 1. The van der Waals surface area contributed by atoms with Gasteiger partial charge in [0.2, 0.25) is 5.78 Å². The molecule has 3 rings (SSSR count). The van der Waals surface area contributed by atoms with Crippen LogP contribution < -0.4 is 11.1 Å². The molecule has 0 aliphatic carbocycles. The molecule has 0 atom stereocenters. The van der Waals surface area contributed by atoms with E-state index in [1.54, 1.807) is 35.9 Å². The van der Waals surface area contributed by atoms with Crippen molar-refractivity contribution in [1.82, 2.24) is 18.7 Å². The number of hydrogen-bond acceptors (Lipinski definition) is 4. The highest BCUT2D eigenvalue weighted by molar-refractivity contribution is 5.80. The summed E-state index contributed by atoms with van der Waals surface area (Å²) < 4.78 is 3.49. The number of fused-ring (bicyclic) bond motifs is 3. The lowest BCUT2D eigenvalue weighted by molar-refractivity contribution is -0.138. The Morgan fingerprint density at radius 3 is 2.50 bits per heavy atom. The van der Waals surface area contributed by atoms with E-state index in [1.165, 1.54) is 4.40 Å². The van der Waals surface area contributed by atoms with E-state index < -0.39 is 23.6 Å². The molecule has 2 aromatic heterocycles. The predicted molar refractivity (Wildman–Crippen MR) is 69.8 cm³/mol. The first kappa shape index (κ1) is 12.2. The fraction of sp³-hybridized carbons (Fsp3) is 0.167. The number of carboxylic acids is 1. The number of aromatic nitrogens is 4. The van der Waals surface area contributed by atoms with Crippen molar-refractivity contribution < 1.29 is 9.90 Å². The lowest BCUT2D eigenvalue weighted by atomic mass is 10.3. The fourth-order valence-corrected chi connectivity index (χ4v) is 2.21. The second-order valence-electron chi connectivity index (χ2n) is 4.34. The van der Waals surface area contributed by atoms with Crippen LogP contribution in [0.1, 0.15) is 0 Å². The van der Waals surface area contributed by atoms with Crippen molar-refractivity contribution in [1.29, 1.82) is 0 Å². The first-order valence-electron chi connectivity index (χ1n) is 5.80. The SMILES string of the molecule is Cn1c2ccccc2n2c(=O)c(=O)n(CC(=O)O)nc12. The molecule has 0 aliphatic heterocycles. The standard InChI is InChI=1S/C12H10N4O4/c1-14-7-4-2-3-5-8(7)16-11(20)10(19)15(6-9(17)18)13-12(14)16/h2-5H,6H2,1H3,(H,17,18). The summed E-state index contributed by atoms with van der Waals surface area (Å²) in [5.41, 5.74) is -0.485. The largest absolute Gasteiger partial charge is 0.480 e. The number of rotatable bonds is 2. The van der Waals surface area contributed by atoms with Gasteiger partial charge in [0.25, 0.3) is 0 Å². The summed E-state index contributed by atoms with van der Waals surface area (Å²) in [5.74, 6) is -1.01. The minimum Gasteiger partial charge on any atom is -0.480 e. The van der Waals surface area contributed by atoms with Crippen LogP contribution in [0.15, 0.2) is 33.9 Å². The molecule has 0 aliphatic rings. The average Bonchev–Trinajstić information content (AvgIpc) is 2.69. The van der Waals surface area contributed by atoms with Crippen LogP contribution in [0.5, 0.6) is 0 Å². The summed E-state index contributed by atoms with van der Waals surface area (Å²) in [5, 5.41) is 12.7. The van der Waals surface area contributed by atoms with Gasteiger partial charge in [-0.3, -0.25) is 14.4 Å². The number of nitrogens with zero attached hydrogens (tertiary/aromatic N) is 4. The average molecular weight is 274 g/mol. The van der Waals surface area contributed by atoms with Crippen molar-refractivity contribution in [3.05, 3.63) is 45.0 Å². The van der Waals surface area contributed by atoms with Gasteiger partial charge in [-0.2, -0.15) is 0 Å². The lowest BCUT2D eigenvalue weighted by Crippen LogP contribution is -2.41. The maximum Gasteiger partial charge on any atom is 0.333 e. The summed E-state index contributed by atoms with van der Waals surface area (Å²) >= 11 is 0. The van der Waals surface area contributed by atoms with Crippen LogP contribution in [0, 0.1) is 0 Å². The third kappa shape index (κ3) is 1.54. The molecule has 8 nitrogen and oxygen atoms in total. The molecule has 0 amide bonds. The van der Waals surface area contributed by atoms with E-state index in [1.807, 2.05) is 0 Å². The van der Waals surface area contributed by atoms with Gasteiger partial charge in [-0.1, -0.05) is 12.1 Å². The Bertz CT molecular complexity index is 963. The van der Waals surface area contributed by atoms with Crippen LogP contribution in [0.25, 0.3) is 16.8 Å². The monoisotopic (exact) mass is 274 g/mol. The smallest absolute Gasteiger partial charge is 0.333 e. The maximum absolute atomic E-state index is 12.1. The molecule has 0 fully saturated rings. The van der Waals surface area contributed by atoms with Crippen molar-refractivity contribution in [3.8, 4) is 0 Å². The topological polar surface area (TPSA) is 98.6 Å². The molecule has 0 bridgehead atoms. The van der Waals surface area contributed by atoms with Gasteiger partial charge in [-0.05, 0) is 12.1 Å². The Labute approximate surface area is 111 Å². The summed E-state index contributed by atoms with van der Waals surface area (Å²) in [7, 11) is 1.69. The number of imidazole rings is 1. The lowest BCUT2D eigenvalue weighted by Gasteiger charge is -2.01. The summed E-state index contributed by atoms with van der Waals surface area (Å²) in [6.07, 6.45) is 0. The zero-order valence-electron chi connectivity index (χ0n) is 10.5. The van der Waals surface area contributed by atoms with E-state index in [-0.39, 0.29) is 5.78 Å². The second-order valence-corrected chi connectivity index (χ2v) is 4.34. The normalized spacial score (nSPS) is 11.2. The van der Waals surface area contributed by atoms with Crippen LogP contribution in [-0.4, -0.2) is 29.8 Å². The number of carboxylic acid groups (broad SMARTS) is 1. The Balaban J connectivity index is 2.53. The molecule has 20 heavy (non-hydrogen) atoms. The summed E-state index contributed by atoms with van der Waals surface area (Å²) in [6.45, 7) is -0.647. The van der Waals surface area contributed by atoms with Crippen molar-refractivity contribution in [2.45, 2.75) is 6.54 Å². The van der Waals surface area contributed by atoms with Gasteiger partial charge >= 0.3 is 17.1 Å². The van der Waals surface area contributed by atoms with E-state index in [4.69, 9.17) is 5.11 Å². The summed E-state index contributed by atoms with van der Waals surface area (Å²) in [4.78, 5) is 34.7. The molecule has 2 heterocycles. The maximum atomic E-state index is 12.1. The van der Waals surface area contributed by atoms with Crippen molar-refractivity contribution in [2.75, 3.05) is 0 Å². The molecule has 0 radical (unpaired) electrons. The van der Waals surface area contributed by atoms with Gasteiger partial charge in [0.1, 0.15) is 6.54 Å². The number of para-hydroxylation sites is 2. The molecule has 8 heteroatoms. The zero-order valence-corrected chi connectivity index (χ0v) is 10.5. The third-order valence-electron chi connectivity index (χ3n) is 3.10. The van der Waals surface area contributed by atoms with Crippen molar-refractivity contribution >= 4 is 22.8 Å². The van der Waals surface area contributed by atoms with Gasteiger partial charge in [0.05, 0.1) is 11.0 Å². The van der Waals surface area contributed by atoms with E-state index in [0.29, 0.717) is 10.2 Å². The Hall–Kier alpha value is -2.90. The van der Waals surface area contributed by atoms with E-state index in [0.717, 1.165) is 5.52 Å². The fourth-order valence-electron chi connectivity index (χ4n) is 2.21. The van der Waals surface area contributed by atoms with E-state index >= 15 is 0 Å². The highest BCUT2D eigenvalue weighted by atomic mass is 16.4. The van der Waals surface area contributed by atoms with E-state index in [2.05, 4.69) is 5.10 Å². The number of benzene rings is 1. The minimum absolute atomic E-state index is 0.219. The van der Waals surface area contributed by atoms with Gasteiger partial charge in [-0.25, -0.2) is 9.08 Å². The molecular weight excluding hydrogens is 264 g/mol. The molecule has 0 saturated carbocycles.